The fraction of sp³-hybridized carbons (Fsp3) is 0.348. The molecule has 2 amide bonds. The summed E-state index contributed by atoms with van der Waals surface area (Å²) in [6.45, 7) is 1.14. The van der Waals surface area contributed by atoms with Crippen molar-refractivity contribution < 1.29 is 18.7 Å². The minimum absolute atomic E-state index is 0.0873. The Morgan fingerprint density at radius 2 is 2.10 bits per heavy atom. The summed E-state index contributed by atoms with van der Waals surface area (Å²) in [6, 6.07) is 11.7. The number of pyridine rings is 1. The molecule has 30 heavy (non-hydrogen) atoms. The van der Waals surface area contributed by atoms with Crippen molar-refractivity contribution in [3.05, 3.63) is 77.9 Å². The van der Waals surface area contributed by atoms with Crippen molar-refractivity contribution in [2.24, 2.45) is 11.8 Å². The Bertz CT molecular complexity index is 1010. The van der Waals surface area contributed by atoms with Crippen LogP contribution >= 0.6 is 0 Å². The highest BCUT2D eigenvalue weighted by molar-refractivity contribution is 5.93. The number of hydrogen-bond acceptors (Lipinski definition) is 4. The molecule has 5 rings (SSSR count). The monoisotopic (exact) mass is 407 g/mol. The second-order valence-electron chi connectivity index (χ2n) is 8.24. The number of carbonyl (C=O) groups excluding carboxylic acids is 2. The Kier molecular flexibility index (Phi) is 4.43. The summed E-state index contributed by atoms with van der Waals surface area (Å²) in [4.78, 5) is 34.2. The number of aromatic nitrogens is 1. The second-order valence-corrected chi connectivity index (χ2v) is 8.24. The molecule has 4 atom stereocenters. The third-order valence-corrected chi connectivity index (χ3v) is 6.25. The number of amides is 2. The maximum Gasteiger partial charge on any atom is 0.230 e. The van der Waals surface area contributed by atoms with Crippen molar-refractivity contribution in [2.75, 3.05) is 13.6 Å². The van der Waals surface area contributed by atoms with E-state index in [0.29, 0.717) is 19.6 Å². The lowest BCUT2D eigenvalue weighted by atomic mass is 9.76. The number of carbonyl (C=O) groups is 2. The number of rotatable bonds is 5. The van der Waals surface area contributed by atoms with E-state index in [9.17, 15) is 14.0 Å². The average molecular weight is 407 g/mol. The molecule has 0 radical (unpaired) electrons. The molecule has 2 saturated heterocycles. The summed E-state index contributed by atoms with van der Waals surface area (Å²) < 4.78 is 19.4. The predicted molar refractivity (Wildman–Crippen MR) is 106 cm³/mol. The number of halogens is 1. The first-order valence-corrected chi connectivity index (χ1v) is 10.0. The van der Waals surface area contributed by atoms with E-state index >= 15 is 0 Å². The van der Waals surface area contributed by atoms with Crippen LogP contribution in [0.4, 0.5) is 4.39 Å². The second kappa shape index (κ2) is 7.02. The molecular formula is C23H22FN3O3. The Morgan fingerprint density at radius 1 is 1.30 bits per heavy atom. The van der Waals surface area contributed by atoms with Crippen LogP contribution in [-0.2, 0) is 27.4 Å². The van der Waals surface area contributed by atoms with Crippen LogP contribution in [0, 0.1) is 17.7 Å². The van der Waals surface area contributed by atoms with Gasteiger partial charge in [-0.05, 0) is 29.8 Å². The molecule has 3 aliphatic heterocycles. The summed E-state index contributed by atoms with van der Waals surface area (Å²) in [5.41, 5.74) is 0.877. The molecule has 0 saturated carbocycles. The van der Waals surface area contributed by atoms with Crippen molar-refractivity contribution >= 4 is 11.8 Å². The number of benzene rings is 1. The lowest BCUT2D eigenvalue weighted by Gasteiger charge is -2.27. The molecule has 2 bridgehead atoms. The molecular weight excluding hydrogens is 385 g/mol. The van der Waals surface area contributed by atoms with Gasteiger partial charge in [-0.2, -0.15) is 0 Å². The molecule has 0 aliphatic carbocycles. The van der Waals surface area contributed by atoms with Crippen molar-refractivity contribution in [3.8, 4) is 0 Å². The van der Waals surface area contributed by atoms with Crippen molar-refractivity contribution in [3.63, 3.8) is 0 Å². The summed E-state index contributed by atoms with van der Waals surface area (Å²) in [5, 5.41) is 0. The van der Waals surface area contributed by atoms with Gasteiger partial charge in [0.25, 0.3) is 0 Å². The zero-order valence-corrected chi connectivity index (χ0v) is 16.6. The zero-order chi connectivity index (χ0) is 20.9. The van der Waals surface area contributed by atoms with E-state index < -0.39 is 17.4 Å². The highest BCUT2D eigenvalue weighted by atomic mass is 19.1. The quantitative estimate of drug-likeness (QED) is 0.713. The largest absolute Gasteiger partial charge is 0.360 e. The molecule has 0 unspecified atom stereocenters. The highest BCUT2D eigenvalue weighted by Gasteiger charge is 2.67. The lowest BCUT2D eigenvalue weighted by molar-refractivity contribution is -0.142. The van der Waals surface area contributed by atoms with Crippen LogP contribution in [0.2, 0.25) is 0 Å². The van der Waals surface area contributed by atoms with Crippen molar-refractivity contribution in [1.82, 2.24) is 14.8 Å². The van der Waals surface area contributed by atoms with Gasteiger partial charge in [0.1, 0.15) is 11.4 Å². The number of nitrogens with zero attached hydrogens (tertiary/aromatic N) is 3. The summed E-state index contributed by atoms with van der Waals surface area (Å²) in [5.74, 6) is -1.59. The van der Waals surface area contributed by atoms with Crippen LogP contribution in [0.3, 0.4) is 0 Å². The van der Waals surface area contributed by atoms with E-state index in [1.54, 1.807) is 35.2 Å². The van der Waals surface area contributed by atoms with Gasteiger partial charge in [0.15, 0.2) is 0 Å². The van der Waals surface area contributed by atoms with Gasteiger partial charge in [-0.3, -0.25) is 14.6 Å². The minimum Gasteiger partial charge on any atom is -0.360 e. The van der Waals surface area contributed by atoms with Gasteiger partial charge < -0.3 is 14.5 Å². The molecule has 6 nitrogen and oxygen atoms in total. The van der Waals surface area contributed by atoms with Crippen molar-refractivity contribution in [2.45, 2.75) is 24.8 Å². The summed E-state index contributed by atoms with van der Waals surface area (Å²) in [6.07, 6.45) is 5.15. The van der Waals surface area contributed by atoms with Crippen molar-refractivity contribution in [1.29, 1.82) is 0 Å². The summed E-state index contributed by atoms with van der Waals surface area (Å²) in [7, 11) is 1.73. The first-order valence-electron chi connectivity index (χ1n) is 10.0. The molecule has 3 aliphatic rings. The number of likely N-dealkylation sites (tertiary alicyclic amines) is 1. The fourth-order valence-corrected chi connectivity index (χ4v) is 4.87. The average Bonchev–Trinajstić information content (AvgIpc) is 3.38. The molecule has 7 heteroatoms. The molecule has 154 valence electrons. The van der Waals surface area contributed by atoms with Crippen LogP contribution in [0.5, 0.6) is 0 Å². The lowest BCUT2D eigenvalue weighted by Crippen LogP contribution is -2.44. The Hall–Kier alpha value is -3.06. The third-order valence-electron chi connectivity index (χ3n) is 6.25. The van der Waals surface area contributed by atoms with Gasteiger partial charge in [0.05, 0.1) is 36.7 Å². The van der Waals surface area contributed by atoms with Crippen LogP contribution in [0.1, 0.15) is 11.3 Å². The van der Waals surface area contributed by atoms with Gasteiger partial charge in [0.2, 0.25) is 11.8 Å². The van der Waals surface area contributed by atoms with Gasteiger partial charge in [-0.25, -0.2) is 4.39 Å². The molecule has 1 spiro atoms. The molecule has 1 aromatic carbocycles. The Balaban J connectivity index is 1.35. The van der Waals surface area contributed by atoms with Crippen LogP contribution in [-0.4, -0.2) is 51.9 Å². The molecule has 2 fully saturated rings. The van der Waals surface area contributed by atoms with Gasteiger partial charge in [-0.1, -0.05) is 30.4 Å². The van der Waals surface area contributed by atoms with E-state index in [0.717, 1.165) is 11.3 Å². The Labute approximate surface area is 174 Å². The van der Waals surface area contributed by atoms with E-state index in [2.05, 4.69) is 4.98 Å². The maximum atomic E-state index is 13.3. The first-order chi connectivity index (χ1) is 14.5. The standard InChI is InChI=1S/C23H22FN3O3/c1-26(13-17-4-2-3-11-25-17)21(28)19-18-9-10-23(30-18)14-27(22(29)20(19)23)12-15-5-7-16(24)8-6-15/h2-11,18-20H,12-14H2,1H3/t18-,19+,20-,23-/m0/s1. The number of fused-ring (bicyclic) bond motifs is 1. The molecule has 1 aromatic heterocycles. The smallest absolute Gasteiger partial charge is 0.230 e. The predicted octanol–water partition coefficient (Wildman–Crippen LogP) is 2.16. The normalized spacial score (nSPS) is 28.8. The van der Waals surface area contributed by atoms with E-state index in [1.165, 1.54) is 12.1 Å². The SMILES string of the molecule is CN(Cc1ccccn1)C(=O)[C@@H]1[C@@H]2C=C[C@@]3(CN(Cc4ccc(F)cc4)C(=O)[C@H]13)O2. The van der Waals surface area contributed by atoms with Crippen LogP contribution < -0.4 is 0 Å². The topological polar surface area (TPSA) is 62.7 Å². The van der Waals surface area contributed by atoms with Crippen LogP contribution in [0.25, 0.3) is 0 Å². The Morgan fingerprint density at radius 3 is 2.83 bits per heavy atom. The zero-order valence-electron chi connectivity index (χ0n) is 16.6. The van der Waals surface area contributed by atoms with E-state index in [4.69, 9.17) is 4.74 Å². The van der Waals surface area contributed by atoms with Gasteiger partial charge in [0, 0.05) is 19.8 Å². The maximum absolute atomic E-state index is 13.3. The van der Waals surface area contributed by atoms with Gasteiger partial charge >= 0.3 is 0 Å². The molecule has 2 aromatic rings. The van der Waals surface area contributed by atoms with E-state index in [-0.39, 0.29) is 23.7 Å². The highest BCUT2D eigenvalue weighted by Crippen LogP contribution is 2.52. The third kappa shape index (κ3) is 3.01. The van der Waals surface area contributed by atoms with Gasteiger partial charge in [-0.15, -0.1) is 0 Å². The molecule has 4 heterocycles. The molecule has 0 N–H and O–H groups in total. The first kappa shape index (κ1) is 18.9. The minimum atomic E-state index is -0.756. The fourth-order valence-electron chi connectivity index (χ4n) is 4.87. The number of ether oxygens (including phenoxy) is 1. The van der Waals surface area contributed by atoms with E-state index in [1.807, 2.05) is 30.4 Å². The number of hydrogen-bond donors (Lipinski definition) is 0. The summed E-state index contributed by atoms with van der Waals surface area (Å²) >= 11 is 0. The van der Waals surface area contributed by atoms with Crippen LogP contribution in [0.15, 0.2) is 60.8 Å².